The molecule has 20 heavy (non-hydrogen) atoms. The van der Waals surface area contributed by atoms with E-state index in [0.29, 0.717) is 32.4 Å². The third kappa shape index (κ3) is 3.61. The van der Waals surface area contributed by atoms with E-state index in [1.54, 1.807) is 19.0 Å². The zero-order chi connectivity index (χ0) is 15.3. The maximum atomic E-state index is 11.9. The number of carboxylic acids is 1. The lowest BCUT2D eigenvalue weighted by atomic mass is 9.76. The first-order valence-electron chi connectivity index (χ1n) is 6.78. The molecule has 0 bridgehead atoms. The molecule has 1 fully saturated rings. The van der Waals surface area contributed by atoms with E-state index >= 15 is 0 Å². The quantitative estimate of drug-likeness (QED) is 0.780. The fourth-order valence-electron chi connectivity index (χ4n) is 2.28. The Morgan fingerprint density at radius 1 is 1.25 bits per heavy atom. The molecule has 0 aromatic heterocycles. The van der Waals surface area contributed by atoms with Crippen LogP contribution in [-0.4, -0.2) is 66.5 Å². The van der Waals surface area contributed by atoms with Gasteiger partial charge in [-0.15, -0.1) is 0 Å². The Morgan fingerprint density at radius 2 is 1.80 bits per heavy atom. The second-order valence-electron chi connectivity index (χ2n) is 5.37. The number of piperidine rings is 1. The van der Waals surface area contributed by atoms with Crippen LogP contribution in [-0.2, 0) is 9.59 Å². The third-order valence-electron chi connectivity index (χ3n) is 4.03. The maximum absolute atomic E-state index is 11.9. The van der Waals surface area contributed by atoms with Gasteiger partial charge in [-0.25, -0.2) is 4.79 Å². The van der Waals surface area contributed by atoms with E-state index in [-0.39, 0.29) is 18.5 Å². The average molecular weight is 285 g/mol. The van der Waals surface area contributed by atoms with E-state index in [0.717, 1.165) is 0 Å². The highest BCUT2D eigenvalue weighted by Gasteiger charge is 2.40. The molecule has 0 spiro atoms. The molecule has 1 heterocycles. The number of rotatable bonds is 4. The third-order valence-corrected chi connectivity index (χ3v) is 4.03. The number of amides is 3. The summed E-state index contributed by atoms with van der Waals surface area (Å²) in [5, 5.41) is 11.8. The molecule has 0 atom stereocenters. The van der Waals surface area contributed by atoms with Gasteiger partial charge < -0.3 is 20.2 Å². The van der Waals surface area contributed by atoms with Gasteiger partial charge in [0.2, 0.25) is 5.91 Å². The summed E-state index contributed by atoms with van der Waals surface area (Å²) < 4.78 is 0. The zero-order valence-electron chi connectivity index (χ0n) is 12.3. The fraction of sp³-hybridized carbons (Fsp3) is 0.769. The summed E-state index contributed by atoms with van der Waals surface area (Å²) >= 11 is 0. The molecule has 7 nitrogen and oxygen atoms in total. The van der Waals surface area contributed by atoms with E-state index in [9.17, 15) is 19.5 Å². The van der Waals surface area contributed by atoms with Gasteiger partial charge in [0.15, 0.2) is 0 Å². The van der Waals surface area contributed by atoms with Crippen molar-refractivity contribution >= 4 is 17.9 Å². The minimum atomic E-state index is -0.789. The molecule has 7 heteroatoms. The van der Waals surface area contributed by atoms with Crippen LogP contribution in [0.2, 0.25) is 0 Å². The largest absolute Gasteiger partial charge is 0.481 e. The van der Waals surface area contributed by atoms with E-state index in [2.05, 4.69) is 5.32 Å². The number of carboxylic acid groups (broad SMARTS) is 1. The summed E-state index contributed by atoms with van der Waals surface area (Å²) in [5.41, 5.74) is -0.712. The molecule has 1 rings (SSSR count). The Bertz CT molecular complexity index is 387. The second kappa shape index (κ2) is 6.58. The molecule has 0 aromatic carbocycles. The van der Waals surface area contributed by atoms with Crippen molar-refractivity contribution < 1.29 is 19.5 Å². The normalized spacial score (nSPS) is 17.4. The highest BCUT2D eigenvalue weighted by Crippen LogP contribution is 2.35. The summed E-state index contributed by atoms with van der Waals surface area (Å²) in [4.78, 5) is 37.6. The molecule has 0 aliphatic carbocycles. The smallest absolute Gasteiger partial charge is 0.317 e. The molecular weight excluding hydrogens is 262 g/mol. The van der Waals surface area contributed by atoms with Crippen molar-refractivity contribution in [2.24, 2.45) is 5.41 Å². The predicted octanol–water partition coefficient (Wildman–Crippen LogP) is 0.361. The lowest BCUT2D eigenvalue weighted by Crippen LogP contribution is -2.50. The molecule has 114 valence electrons. The number of carbonyl (C=O) groups is 3. The number of carbonyl (C=O) groups excluding carboxylic acids is 2. The lowest BCUT2D eigenvalue weighted by molar-refractivity contribution is -0.151. The Balaban J connectivity index is 2.47. The van der Waals surface area contributed by atoms with Crippen LogP contribution >= 0.6 is 0 Å². The van der Waals surface area contributed by atoms with Crippen LogP contribution in [0.25, 0.3) is 0 Å². The van der Waals surface area contributed by atoms with E-state index in [1.807, 2.05) is 6.92 Å². The van der Waals surface area contributed by atoms with Gasteiger partial charge in [-0.3, -0.25) is 9.59 Å². The van der Waals surface area contributed by atoms with Crippen LogP contribution in [0.15, 0.2) is 0 Å². The van der Waals surface area contributed by atoms with Crippen LogP contribution in [0.1, 0.15) is 26.2 Å². The molecule has 0 unspecified atom stereocenters. The Hall–Kier alpha value is -1.79. The summed E-state index contributed by atoms with van der Waals surface area (Å²) in [6.45, 7) is 2.63. The van der Waals surface area contributed by atoms with Crippen molar-refractivity contribution in [3.8, 4) is 0 Å². The van der Waals surface area contributed by atoms with Gasteiger partial charge in [-0.1, -0.05) is 6.92 Å². The van der Waals surface area contributed by atoms with Gasteiger partial charge in [0.1, 0.15) is 0 Å². The molecule has 1 saturated heterocycles. The minimum Gasteiger partial charge on any atom is -0.481 e. The molecule has 0 saturated carbocycles. The lowest BCUT2D eigenvalue weighted by Gasteiger charge is -2.38. The van der Waals surface area contributed by atoms with E-state index < -0.39 is 11.4 Å². The van der Waals surface area contributed by atoms with E-state index in [4.69, 9.17) is 0 Å². The molecule has 0 radical (unpaired) electrons. The molecule has 3 amide bonds. The maximum Gasteiger partial charge on any atom is 0.317 e. The highest BCUT2D eigenvalue weighted by molar-refractivity contribution is 5.84. The van der Waals surface area contributed by atoms with Crippen LogP contribution in [0.5, 0.6) is 0 Å². The van der Waals surface area contributed by atoms with Crippen molar-refractivity contribution in [2.75, 3.05) is 33.7 Å². The number of aliphatic carboxylic acids is 1. The fourth-order valence-corrected chi connectivity index (χ4v) is 2.28. The number of urea groups is 1. The van der Waals surface area contributed by atoms with Crippen LogP contribution < -0.4 is 5.32 Å². The number of nitrogens with zero attached hydrogens (tertiary/aromatic N) is 2. The number of hydrogen-bond acceptors (Lipinski definition) is 3. The van der Waals surface area contributed by atoms with Crippen LogP contribution in [0.4, 0.5) is 4.79 Å². The first-order chi connectivity index (χ1) is 9.32. The molecule has 0 aromatic rings. The highest BCUT2D eigenvalue weighted by atomic mass is 16.4. The van der Waals surface area contributed by atoms with Gasteiger partial charge in [-0.2, -0.15) is 0 Å². The molecule has 1 aliphatic heterocycles. The number of nitrogens with one attached hydrogen (secondary N) is 1. The Labute approximate surface area is 118 Å². The van der Waals surface area contributed by atoms with Crippen LogP contribution in [0.3, 0.4) is 0 Å². The second-order valence-corrected chi connectivity index (χ2v) is 5.37. The summed E-state index contributed by atoms with van der Waals surface area (Å²) in [5.74, 6) is -0.966. The van der Waals surface area contributed by atoms with Crippen molar-refractivity contribution in [2.45, 2.75) is 26.2 Å². The number of likely N-dealkylation sites (N-methyl/N-ethyl adjacent to an activating group) is 1. The molecule has 2 N–H and O–H groups in total. The van der Waals surface area contributed by atoms with Gasteiger partial charge in [0.05, 0.1) is 12.0 Å². The SMILES string of the molecule is CCC1(C(=O)O)CCN(C(=O)NCC(=O)N(C)C)CC1. The van der Waals surface area contributed by atoms with Gasteiger partial charge >= 0.3 is 12.0 Å². The van der Waals surface area contributed by atoms with Crippen LogP contribution in [0, 0.1) is 5.41 Å². The first-order valence-corrected chi connectivity index (χ1v) is 6.78. The zero-order valence-corrected chi connectivity index (χ0v) is 12.3. The number of likely N-dealkylation sites (tertiary alicyclic amines) is 1. The Morgan fingerprint density at radius 3 is 2.20 bits per heavy atom. The van der Waals surface area contributed by atoms with E-state index in [1.165, 1.54) is 4.90 Å². The van der Waals surface area contributed by atoms with Crippen molar-refractivity contribution in [1.29, 1.82) is 0 Å². The first kappa shape index (κ1) is 16.3. The molecule has 1 aliphatic rings. The predicted molar refractivity (Wildman–Crippen MR) is 73.3 cm³/mol. The van der Waals surface area contributed by atoms with Crippen molar-refractivity contribution in [3.63, 3.8) is 0 Å². The summed E-state index contributed by atoms with van der Waals surface area (Å²) in [6, 6.07) is -0.310. The number of hydrogen-bond donors (Lipinski definition) is 2. The van der Waals surface area contributed by atoms with Gasteiger partial charge in [0, 0.05) is 27.2 Å². The van der Waals surface area contributed by atoms with Crippen molar-refractivity contribution in [1.82, 2.24) is 15.1 Å². The minimum absolute atomic E-state index is 0.0415. The monoisotopic (exact) mass is 285 g/mol. The summed E-state index contributed by atoms with van der Waals surface area (Å²) in [6.07, 6.45) is 1.47. The topological polar surface area (TPSA) is 90.0 Å². The van der Waals surface area contributed by atoms with Gasteiger partial charge in [0.25, 0.3) is 0 Å². The van der Waals surface area contributed by atoms with Gasteiger partial charge in [-0.05, 0) is 19.3 Å². The molecular formula is C13H23N3O4. The Kier molecular flexibility index (Phi) is 5.35. The van der Waals surface area contributed by atoms with Crippen molar-refractivity contribution in [3.05, 3.63) is 0 Å². The standard InChI is InChI=1S/C13H23N3O4/c1-4-13(11(18)19)5-7-16(8-6-13)12(20)14-9-10(17)15(2)3/h4-9H2,1-3H3,(H,14,20)(H,18,19). The average Bonchev–Trinajstić information content (AvgIpc) is 2.43. The summed E-state index contributed by atoms with van der Waals surface area (Å²) in [7, 11) is 3.25.